The van der Waals surface area contributed by atoms with Crippen LogP contribution in [0.15, 0.2) is 42.5 Å². The molecule has 2 aromatic rings. The van der Waals surface area contributed by atoms with E-state index < -0.39 is 0 Å². The highest BCUT2D eigenvalue weighted by molar-refractivity contribution is 5.86. The van der Waals surface area contributed by atoms with E-state index in [0.29, 0.717) is 6.61 Å². The molecule has 128 valence electrons. The zero-order valence-electron chi connectivity index (χ0n) is 12.9. The van der Waals surface area contributed by atoms with Crippen molar-refractivity contribution in [2.45, 2.75) is 12.1 Å². The molecule has 2 atom stereocenters. The Hall–Kier alpha value is -0.880. The Labute approximate surface area is 149 Å². The van der Waals surface area contributed by atoms with Crippen LogP contribution in [0.25, 0.3) is 10.8 Å². The summed E-state index contributed by atoms with van der Waals surface area (Å²) < 4.78 is 5.97. The van der Waals surface area contributed by atoms with Gasteiger partial charge in [-0.3, -0.25) is 0 Å². The number of hydrogen-bond donors (Lipinski definition) is 3. The van der Waals surface area contributed by atoms with Gasteiger partial charge in [-0.25, -0.2) is 0 Å². The maximum absolute atomic E-state index is 9.11. The molecule has 1 aliphatic rings. The third-order valence-electron chi connectivity index (χ3n) is 3.96. The van der Waals surface area contributed by atoms with E-state index in [1.807, 2.05) is 0 Å². The van der Waals surface area contributed by atoms with Crippen molar-refractivity contribution in [1.82, 2.24) is 10.6 Å². The molecule has 23 heavy (non-hydrogen) atoms. The van der Waals surface area contributed by atoms with Gasteiger partial charge in [0.05, 0.1) is 25.4 Å². The quantitative estimate of drug-likeness (QED) is 0.767. The van der Waals surface area contributed by atoms with Crippen LogP contribution < -0.4 is 10.6 Å². The minimum Gasteiger partial charge on any atom is -0.394 e. The fourth-order valence-corrected chi connectivity index (χ4v) is 2.99. The maximum atomic E-state index is 9.11. The highest BCUT2D eigenvalue weighted by Crippen LogP contribution is 2.29. The van der Waals surface area contributed by atoms with Crippen LogP contribution >= 0.6 is 24.8 Å². The van der Waals surface area contributed by atoms with Gasteiger partial charge in [0.2, 0.25) is 0 Å². The molecule has 2 aromatic carbocycles. The van der Waals surface area contributed by atoms with Crippen molar-refractivity contribution >= 4 is 35.6 Å². The molecular weight excluding hydrogens is 335 g/mol. The highest BCUT2D eigenvalue weighted by atomic mass is 35.5. The lowest BCUT2D eigenvalue weighted by Gasteiger charge is -2.32. The standard InChI is InChI=1S/C17H22N2O2.2ClH/c20-10-11-21-17(16-12-18-8-9-19-16)15-7-3-5-13-4-1-2-6-14(13)15;;/h1-7,16-20H,8-12H2;2*1H. The molecule has 3 N–H and O–H groups in total. The van der Waals surface area contributed by atoms with Crippen LogP contribution in [0.2, 0.25) is 0 Å². The maximum Gasteiger partial charge on any atom is 0.0997 e. The summed E-state index contributed by atoms with van der Waals surface area (Å²) in [5.74, 6) is 0. The molecule has 0 radical (unpaired) electrons. The first-order valence-electron chi connectivity index (χ1n) is 7.54. The molecule has 0 amide bonds. The first kappa shape index (κ1) is 20.2. The molecule has 1 aliphatic heterocycles. The van der Waals surface area contributed by atoms with Crippen molar-refractivity contribution in [1.29, 1.82) is 0 Å². The largest absolute Gasteiger partial charge is 0.394 e. The Morgan fingerprint density at radius 1 is 1.09 bits per heavy atom. The molecule has 0 saturated carbocycles. The first-order valence-corrected chi connectivity index (χ1v) is 7.54. The van der Waals surface area contributed by atoms with Crippen LogP contribution in [0.1, 0.15) is 11.7 Å². The Bertz CT molecular complexity index is 586. The van der Waals surface area contributed by atoms with Crippen molar-refractivity contribution in [2.24, 2.45) is 0 Å². The van der Waals surface area contributed by atoms with Gasteiger partial charge in [-0.2, -0.15) is 0 Å². The van der Waals surface area contributed by atoms with Crippen LogP contribution in [0.5, 0.6) is 0 Å². The number of nitrogens with one attached hydrogen (secondary N) is 2. The second kappa shape index (κ2) is 10.1. The number of aliphatic hydroxyl groups excluding tert-OH is 1. The molecule has 0 spiro atoms. The third-order valence-corrected chi connectivity index (χ3v) is 3.96. The molecule has 0 aromatic heterocycles. The Morgan fingerprint density at radius 2 is 1.87 bits per heavy atom. The second-order valence-electron chi connectivity index (χ2n) is 5.35. The Balaban J connectivity index is 0.00000132. The lowest BCUT2D eigenvalue weighted by atomic mass is 9.95. The van der Waals surface area contributed by atoms with Gasteiger partial charge >= 0.3 is 0 Å². The van der Waals surface area contributed by atoms with Gasteiger partial charge in [-0.1, -0.05) is 42.5 Å². The lowest BCUT2D eigenvalue weighted by molar-refractivity contribution is 0.00358. The molecule has 2 unspecified atom stereocenters. The molecule has 0 aliphatic carbocycles. The van der Waals surface area contributed by atoms with Crippen LogP contribution in [0.4, 0.5) is 0 Å². The normalized spacial score (nSPS) is 18.7. The number of fused-ring (bicyclic) bond motifs is 1. The predicted octanol–water partition coefficient (Wildman–Crippen LogP) is 2.29. The highest BCUT2D eigenvalue weighted by Gasteiger charge is 2.26. The zero-order chi connectivity index (χ0) is 14.5. The SMILES string of the molecule is Cl.Cl.OCCOC(c1cccc2ccccc12)C1CNCCN1. The van der Waals surface area contributed by atoms with Crippen LogP contribution in [-0.2, 0) is 4.74 Å². The van der Waals surface area contributed by atoms with Gasteiger partial charge in [0.15, 0.2) is 0 Å². The average molecular weight is 359 g/mol. The van der Waals surface area contributed by atoms with E-state index >= 15 is 0 Å². The smallest absolute Gasteiger partial charge is 0.0997 e. The van der Waals surface area contributed by atoms with Crippen molar-refractivity contribution in [2.75, 3.05) is 32.8 Å². The number of aliphatic hydroxyl groups is 1. The minimum absolute atomic E-state index is 0. The van der Waals surface area contributed by atoms with Gasteiger partial charge in [0, 0.05) is 19.6 Å². The summed E-state index contributed by atoms with van der Waals surface area (Å²) in [4.78, 5) is 0. The van der Waals surface area contributed by atoms with Gasteiger partial charge in [0.25, 0.3) is 0 Å². The summed E-state index contributed by atoms with van der Waals surface area (Å²) in [6.07, 6.45) is -0.0592. The van der Waals surface area contributed by atoms with Crippen molar-refractivity contribution in [3.63, 3.8) is 0 Å². The number of piperazine rings is 1. The number of hydrogen-bond acceptors (Lipinski definition) is 4. The monoisotopic (exact) mass is 358 g/mol. The molecule has 3 rings (SSSR count). The molecule has 0 bridgehead atoms. The lowest BCUT2D eigenvalue weighted by Crippen LogP contribution is -2.51. The molecular formula is C17H24Cl2N2O2. The minimum atomic E-state index is -0.0592. The fraction of sp³-hybridized carbons (Fsp3) is 0.412. The van der Waals surface area contributed by atoms with E-state index in [2.05, 4.69) is 53.1 Å². The van der Waals surface area contributed by atoms with Crippen LogP contribution in [0, 0.1) is 0 Å². The molecule has 1 saturated heterocycles. The van der Waals surface area contributed by atoms with Crippen LogP contribution in [-0.4, -0.2) is 44.0 Å². The topological polar surface area (TPSA) is 53.5 Å². The summed E-state index contributed by atoms with van der Waals surface area (Å²) >= 11 is 0. The Morgan fingerprint density at radius 3 is 2.61 bits per heavy atom. The predicted molar refractivity (Wildman–Crippen MR) is 98.9 cm³/mol. The van der Waals surface area contributed by atoms with Gasteiger partial charge in [-0.05, 0) is 16.3 Å². The van der Waals surface area contributed by atoms with E-state index in [0.717, 1.165) is 19.6 Å². The number of benzene rings is 2. The van der Waals surface area contributed by atoms with Crippen molar-refractivity contribution in [3.8, 4) is 0 Å². The number of rotatable bonds is 5. The van der Waals surface area contributed by atoms with E-state index in [9.17, 15) is 0 Å². The fourth-order valence-electron chi connectivity index (χ4n) is 2.99. The Kier molecular flexibility index (Phi) is 8.84. The second-order valence-corrected chi connectivity index (χ2v) is 5.35. The summed E-state index contributed by atoms with van der Waals surface area (Å²) in [7, 11) is 0. The van der Waals surface area contributed by atoms with E-state index in [1.54, 1.807) is 0 Å². The van der Waals surface area contributed by atoms with E-state index in [-0.39, 0.29) is 43.6 Å². The summed E-state index contributed by atoms with van der Waals surface area (Å²) in [5.41, 5.74) is 1.18. The average Bonchev–Trinajstić information content (AvgIpc) is 2.56. The third kappa shape index (κ3) is 4.80. The zero-order valence-corrected chi connectivity index (χ0v) is 14.5. The number of halogens is 2. The van der Waals surface area contributed by atoms with Gasteiger partial charge in [0.1, 0.15) is 0 Å². The molecule has 6 heteroatoms. The van der Waals surface area contributed by atoms with Gasteiger partial charge in [-0.15, -0.1) is 24.8 Å². The van der Waals surface area contributed by atoms with E-state index in [1.165, 1.54) is 16.3 Å². The summed E-state index contributed by atoms with van der Waals surface area (Å²) in [5, 5.41) is 18.5. The molecule has 1 heterocycles. The van der Waals surface area contributed by atoms with Crippen molar-refractivity contribution in [3.05, 3.63) is 48.0 Å². The van der Waals surface area contributed by atoms with Crippen LogP contribution in [0.3, 0.4) is 0 Å². The summed E-state index contributed by atoms with van der Waals surface area (Å²) in [6, 6.07) is 14.9. The van der Waals surface area contributed by atoms with E-state index in [4.69, 9.17) is 9.84 Å². The molecule has 4 nitrogen and oxygen atoms in total. The molecule has 1 fully saturated rings. The van der Waals surface area contributed by atoms with Gasteiger partial charge < -0.3 is 20.5 Å². The summed E-state index contributed by atoms with van der Waals surface area (Å²) in [6.45, 7) is 3.19. The number of ether oxygens (including phenoxy) is 1. The first-order chi connectivity index (χ1) is 10.4. The van der Waals surface area contributed by atoms with Crippen molar-refractivity contribution < 1.29 is 9.84 Å².